The molecule has 31 heavy (non-hydrogen) atoms. The Balaban J connectivity index is 2.18. The smallest absolute Gasteiger partial charge is 0.174 e. The number of carbonyl (C=O) groups is 1. The maximum Gasteiger partial charge on any atom is 0.174 e. The monoisotopic (exact) mass is 424 g/mol. The molecule has 0 aromatic heterocycles. The van der Waals surface area contributed by atoms with Crippen LogP contribution in [0.1, 0.15) is 67.3 Å². The molecular formula is C25H28O6. The number of allylic oxidation sites excluding steroid dienone is 4. The van der Waals surface area contributed by atoms with Crippen LogP contribution in [0.2, 0.25) is 0 Å². The van der Waals surface area contributed by atoms with Crippen molar-refractivity contribution in [2.45, 2.75) is 53.1 Å². The number of ketones is 1. The molecule has 2 aromatic rings. The SMILES string of the molecule is CC(C)=CCc1c(O)c(CC=C(C)C)c2c(c1O)C(=O)C[C@H](c1cc(O)cc(O)c1)O2. The lowest BCUT2D eigenvalue weighted by Gasteiger charge is -2.29. The third kappa shape index (κ3) is 4.68. The number of fused-ring (bicyclic) bond motifs is 1. The Hall–Kier alpha value is -3.41. The highest BCUT2D eigenvalue weighted by Gasteiger charge is 2.35. The maximum atomic E-state index is 13.1. The van der Waals surface area contributed by atoms with E-state index in [-0.39, 0.29) is 52.9 Å². The van der Waals surface area contributed by atoms with Crippen molar-refractivity contribution in [2.75, 3.05) is 0 Å². The van der Waals surface area contributed by atoms with Gasteiger partial charge in [-0.3, -0.25) is 4.79 Å². The van der Waals surface area contributed by atoms with E-state index in [0.717, 1.165) is 11.1 Å². The van der Waals surface area contributed by atoms with Gasteiger partial charge in [-0.1, -0.05) is 23.3 Å². The molecule has 1 aliphatic rings. The topological polar surface area (TPSA) is 107 Å². The number of carbonyl (C=O) groups excluding carboxylic acids is 1. The van der Waals surface area contributed by atoms with Gasteiger partial charge in [0.15, 0.2) is 5.78 Å². The van der Waals surface area contributed by atoms with Crippen LogP contribution in [-0.4, -0.2) is 26.2 Å². The third-order valence-electron chi connectivity index (χ3n) is 5.23. The molecule has 0 saturated heterocycles. The first-order valence-electron chi connectivity index (χ1n) is 10.2. The van der Waals surface area contributed by atoms with E-state index < -0.39 is 6.10 Å². The first-order chi connectivity index (χ1) is 14.6. The molecule has 1 aliphatic heterocycles. The van der Waals surface area contributed by atoms with Crippen LogP contribution in [0.5, 0.6) is 28.7 Å². The van der Waals surface area contributed by atoms with E-state index in [4.69, 9.17) is 4.74 Å². The van der Waals surface area contributed by atoms with Gasteiger partial charge in [0.2, 0.25) is 0 Å². The summed E-state index contributed by atoms with van der Waals surface area (Å²) in [6.45, 7) is 7.69. The van der Waals surface area contributed by atoms with E-state index in [0.29, 0.717) is 23.1 Å². The number of hydrogen-bond acceptors (Lipinski definition) is 6. The van der Waals surface area contributed by atoms with Crippen LogP contribution < -0.4 is 4.74 Å². The Bertz CT molecular complexity index is 1070. The zero-order valence-electron chi connectivity index (χ0n) is 18.2. The van der Waals surface area contributed by atoms with E-state index in [9.17, 15) is 25.2 Å². The molecule has 2 aromatic carbocycles. The van der Waals surface area contributed by atoms with Crippen LogP contribution in [0.15, 0.2) is 41.5 Å². The number of aromatic hydroxyl groups is 4. The van der Waals surface area contributed by atoms with Gasteiger partial charge in [-0.05, 0) is 52.7 Å². The molecule has 4 N–H and O–H groups in total. The molecule has 0 radical (unpaired) electrons. The fraction of sp³-hybridized carbons (Fsp3) is 0.320. The van der Waals surface area contributed by atoms with Crippen molar-refractivity contribution in [1.29, 1.82) is 0 Å². The number of phenols is 4. The zero-order valence-corrected chi connectivity index (χ0v) is 18.2. The van der Waals surface area contributed by atoms with Crippen molar-refractivity contribution >= 4 is 5.78 Å². The van der Waals surface area contributed by atoms with Gasteiger partial charge in [-0.25, -0.2) is 0 Å². The Morgan fingerprint density at radius 1 is 0.903 bits per heavy atom. The van der Waals surface area contributed by atoms with Crippen LogP contribution >= 0.6 is 0 Å². The fourth-order valence-corrected chi connectivity index (χ4v) is 3.64. The number of ether oxygens (including phenoxy) is 1. The molecule has 0 saturated carbocycles. The number of hydrogen-bond donors (Lipinski definition) is 4. The molecule has 164 valence electrons. The number of rotatable bonds is 5. The van der Waals surface area contributed by atoms with Crippen LogP contribution in [-0.2, 0) is 12.8 Å². The Labute approximate surface area is 181 Å². The lowest BCUT2D eigenvalue weighted by Crippen LogP contribution is -2.22. The number of benzene rings is 2. The van der Waals surface area contributed by atoms with Crippen LogP contribution in [0.3, 0.4) is 0 Å². The largest absolute Gasteiger partial charge is 0.508 e. The molecule has 1 atom stereocenters. The van der Waals surface area contributed by atoms with E-state index in [1.807, 2.05) is 39.8 Å². The van der Waals surface area contributed by atoms with E-state index in [1.165, 1.54) is 18.2 Å². The molecule has 6 heteroatoms. The summed E-state index contributed by atoms with van der Waals surface area (Å²) in [7, 11) is 0. The number of phenolic OH excluding ortho intramolecular Hbond substituents is 4. The summed E-state index contributed by atoms with van der Waals surface area (Å²) < 4.78 is 6.10. The highest BCUT2D eigenvalue weighted by atomic mass is 16.5. The van der Waals surface area contributed by atoms with Gasteiger partial charge in [-0.2, -0.15) is 0 Å². The third-order valence-corrected chi connectivity index (χ3v) is 5.23. The van der Waals surface area contributed by atoms with Gasteiger partial charge in [-0.15, -0.1) is 0 Å². The zero-order chi connectivity index (χ0) is 22.9. The minimum absolute atomic E-state index is 0.0627. The minimum Gasteiger partial charge on any atom is -0.508 e. The Morgan fingerprint density at radius 2 is 1.45 bits per heavy atom. The lowest BCUT2D eigenvalue weighted by molar-refractivity contribution is 0.0841. The van der Waals surface area contributed by atoms with Gasteiger partial charge in [0.05, 0.1) is 6.42 Å². The fourth-order valence-electron chi connectivity index (χ4n) is 3.64. The first kappa shape index (κ1) is 22.3. The molecular weight excluding hydrogens is 396 g/mol. The second-order valence-electron chi connectivity index (χ2n) is 8.35. The Kier molecular flexibility index (Phi) is 6.29. The van der Waals surface area contributed by atoms with Crippen molar-refractivity contribution in [1.82, 2.24) is 0 Å². The van der Waals surface area contributed by atoms with Crippen molar-refractivity contribution < 1.29 is 30.0 Å². The van der Waals surface area contributed by atoms with E-state index in [2.05, 4.69) is 0 Å². The van der Waals surface area contributed by atoms with Gasteiger partial charge in [0, 0.05) is 22.8 Å². The summed E-state index contributed by atoms with van der Waals surface area (Å²) >= 11 is 0. The van der Waals surface area contributed by atoms with Crippen LogP contribution in [0, 0.1) is 0 Å². The molecule has 0 spiro atoms. The number of Topliss-reactive ketones (excluding diaryl/α,β-unsaturated/α-hetero) is 1. The minimum atomic E-state index is -0.772. The predicted molar refractivity (Wildman–Crippen MR) is 118 cm³/mol. The molecule has 3 rings (SSSR count). The predicted octanol–water partition coefficient (Wildman–Crippen LogP) is 5.23. The molecule has 0 amide bonds. The van der Waals surface area contributed by atoms with Crippen molar-refractivity contribution in [3.05, 3.63) is 63.8 Å². The molecule has 0 unspecified atom stereocenters. The van der Waals surface area contributed by atoms with Crippen molar-refractivity contribution in [3.8, 4) is 28.7 Å². The highest BCUT2D eigenvalue weighted by Crippen LogP contribution is 2.49. The van der Waals surface area contributed by atoms with Crippen LogP contribution in [0.4, 0.5) is 0 Å². The van der Waals surface area contributed by atoms with Crippen molar-refractivity contribution in [2.24, 2.45) is 0 Å². The molecule has 0 bridgehead atoms. The van der Waals surface area contributed by atoms with E-state index in [1.54, 1.807) is 0 Å². The summed E-state index contributed by atoms with van der Waals surface area (Å²) in [5.41, 5.74) is 3.26. The second-order valence-corrected chi connectivity index (χ2v) is 8.35. The normalized spacial score (nSPS) is 15.1. The average Bonchev–Trinajstić information content (AvgIpc) is 2.65. The summed E-state index contributed by atoms with van der Waals surface area (Å²) in [5.74, 6) is -0.860. The molecule has 0 fully saturated rings. The summed E-state index contributed by atoms with van der Waals surface area (Å²) in [5, 5.41) is 41.5. The van der Waals surface area contributed by atoms with E-state index >= 15 is 0 Å². The van der Waals surface area contributed by atoms with Gasteiger partial charge < -0.3 is 25.2 Å². The summed E-state index contributed by atoms with van der Waals surface area (Å²) in [6, 6.07) is 4.03. The maximum absolute atomic E-state index is 13.1. The summed E-state index contributed by atoms with van der Waals surface area (Å²) in [6.07, 6.45) is 3.55. The van der Waals surface area contributed by atoms with Crippen LogP contribution in [0.25, 0.3) is 0 Å². The average molecular weight is 424 g/mol. The van der Waals surface area contributed by atoms with Gasteiger partial charge in [0.1, 0.15) is 40.4 Å². The molecule has 1 heterocycles. The molecule has 6 nitrogen and oxygen atoms in total. The van der Waals surface area contributed by atoms with Gasteiger partial charge in [0.25, 0.3) is 0 Å². The first-order valence-corrected chi connectivity index (χ1v) is 10.2. The van der Waals surface area contributed by atoms with Gasteiger partial charge >= 0.3 is 0 Å². The lowest BCUT2D eigenvalue weighted by atomic mass is 9.89. The second kappa shape index (κ2) is 8.76. The standard InChI is InChI=1S/C25H28O6/c1-13(2)5-7-18-23(29)19(8-6-14(3)4)25-22(24(18)30)20(28)12-21(31-25)15-9-16(26)11-17(27)10-15/h5-6,9-11,21,26-27,29-30H,7-8,12H2,1-4H3/t21-/m1/s1. The molecule has 0 aliphatic carbocycles. The highest BCUT2D eigenvalue weighted by molar-refractivity contribution is 6.04. The Morgan fingerprint density at radius 3 is 2.00 bits per heavy atom. The summed E-state index contributed by atoms with van der Waals surface area (Å²) in [4.78, 5) is 13.1. The quantitative estimate of drug-likeness (QED) is 0.490. The van der Waals surface area contributed by atoms with Crippen molar-refractivity contribution in [3.63, 3.8) is 0 Å².